The van der Waals surface area contributed by atoms with E-state index < -0.39 is 11.6 Å². The standard InChI is InChI=1S/C30H35ClN4O5/c1-18(2)35-26-20(16-32-35)14-30(15-24(26)36)8-10-34(11-9-30)28(38)22-13-19-12-21(6-7-23(19)33-27(22)31)39-17-25(37)40-29(3,4)5/h6-7,12-13,16,18H,8-11,14-15,17H2,1-5H3. The van der Waals surface area contributed by atoms with Gasteiger partial charge in [0.1, 0.15) is 22.2 Å². The van der Waals surface area contributed by atoms with Gasteiger partial charge in [0.25, 0.3) is 5.91 Å². The smallest absolute Gasteiger partial charge is 0.344 e. The van der Waals surface area contributed by atoms with Crippen LogP contribution in [0.2, 0.25) is 5.15 Å². The molecule has 3 aromatic rings. The molecule has 0 N–H and O–H groups in total. The molecule has 1 amide bonds. The molecule has 212 valence electrons. The third-order valence-corrected chi connectivity index (χ3v) is 7.87. The number of rotatable bonds is 5. The Morgan fingerprint density at radius 2 is 1.85 bits per heavy atom. The molecule has 1 aliphatic heterocycles. The fraction of sp³-hybridized carbons (Fsp3) is 0.500. The first-order chi connectivity index (χ1) is 18.8. The average Bonchev–Trinajstić information content (AvgIpc) is 3.31. The van der Waals surface area contributed by atoms with Crippen LogP contribution >= 0.6 is 11.6 Å². The minimum atomic E-state index is -0.597. The molecule has 0 unspecified atom stereocenters. The third kappa shape index (κ3) is 5.70. The molecule has 0 radical (unpaired) electrons. The number of pyridine rings is 1. The van der Waals surface area contributed by atoms with Crippen molar-refractivity contribution < 1.29 is 23.9 Å². The number of esters is 1. The summed E-state index contributed by atoms with van der Waals surface area (Å²) in [4.78, 5) is 44.9. The second kappa shape index (κ2) is 10.5. The van der Waals surface area contributed by atoms with Gasteiger partial charge in [-0.3, -0.25) is 14.3 Å². The first-order valence-electron chi connectivity index (χ1n) is 13.7. The van der Waals surface area contributed by atoms with E-state index in [4.69, 9.17) is 21.1 Å². The Balaban J connectivity index is 1.28. The maximum absolute atomic E-state index is 13.5. The van der Waals surface area contributed by atoms with Gasteiger partial charge in [0.2, 0.25) is 0 Å². The molecule has 9 nitrogen and oxygen atoms in total. The van der Waals surface area contributed by atoms with Crippen molar-refractivity contribution in [2.75, 3.05) is 19.7 Å². The van der Waals surface area contributed by atoms with Crippen LogP contribution in [0.4, 0.5) is 0 Å². The molecule has 0 atom stereocenters. The molecule has 1 fully saturated rings. The number of aromatic nitrogens is 3. The molecule has 0 saturated carbocycles. The van der Waals surface area contributed by atoms with Crippen molar-refractivity contribution in [3.63, 3.8) is 0 Å². The first-order valence-corrected chi connectivity index (χ1v) is 14.1. The van der Waals surface area contributed by atoms with Crippen LogP contribution in [0.5, 0.6) is 5.75 Å². The predicted octanol–water partition coefficient (Wildman–Crippen LogP) is 5.44. The number of benzene rings is 1. The van der Waals surface area contributed by atoms with E-state index in [-0.39, 0.29) is 34.9 Å². The molecule has 1 spiro atoms. The third-order valence-electron chi connectivity index (χ3n) is 7.58. The highest BCUT2D eigenvalue weighted by Crippen LogP contribution is 2.44. The van der Waals surface area contributed by atoms with Gasteiger partial charge >= 0.3 is 5.97 Å². The number of hydrogen-bond donors (Lipinski definition) is 0. The summed E-state index contributed by atoms with van der Waals surface area (Å²) < 4.78 is 12.7. The number of likely N-dealkylation sites (tertiary alicyclic amines) is 1. The molecule has 2 aromatic heterocycles. The van der Waals surface area contributed by atoms with Crippen molar-refractivity contribution in [2.45, 2.75) is 71.9 Å². The maximum Gasteiger partial charge on any atom is 0.344 e. The molecule has 0 bridgehead atoms. The predicted molar refractivity (Wildman–Crippen MR) is 151 cm³/mol. The average molecular weight is 567 g/mol. The number of ketones is 1. The largest absolute Gasteiger partial charge is 0.482 e. The van der Waals surface area contributed by atoms with E-state index in [1.807, 2.05) is 24.7 Å². The minimum absolute atomic E-state index is 0.133. The quantitative estimate of drug-likeness (QED) is 0.299. The zero-order valence-corrected chi connectivity index (χ0v) is 24.4. The Hall–Kier alpha value is -3.46. The first kappa shape index (κ1) is 28.1. The number of ether oxygens (including phenoxy) is 2. The van der Waals surface area contributed by atoms with E-state index >= 15 is 0 Å². The van der Waals surface area contributed by atoms with Crippen LogP contribution < -0.4 is 4.74 Å². The molecule has 1 saturated heterocycles. The number of amides is 1. The molecular formula is C30H35ClN4O5. The summed E-state index contributed by atoms with van der Waals surface area (Å²) in [5.41, 5.74) is 1.92. The molecule has 1 aliphatic carbocycles. The van der Waals surface area contributed by atoms with Gasteiger partial charge < -0.3 is 14.4 Å². The second-order valence-electron chi connectivity index (χ2n) is 12.2. The lowest BCUT2D eigenvalue weighted by molar-refractivity contribution is -0.157. The van der Waals surface area contributed by atoms with Gasteiger partial charge in [-0.25, -0.2) is 9.78 Å². The number of halogens is 1. The van der Waals surface area contributed by atoms with Crippen molar-refractivity contribution in [2.24, 2.45) is 5.41 Å². The topological polar surface area (TPSA) is 104 Å². The molecule has 10 heteroatoms. The highest BCUT2D eigenvalue weighted by Gasteiger charge is 2.43. The Kier molecular flexibility index (Phi) is 7.37. The SMILES string of the molecule is CC(C)n1ncc2c1C(=O)CC1(CCN(C(=O)c3cc4cc(OCC(=O)OC(C)(C)C)ccc4nc3Cl)CC1)C2. The van der Waals surface area contributed by atoms with E-state index in [9.17, 15) is 14.4 Å². The molecule has 40 heavy (non-hydrogen) atoms. The number of nitrogens with zero attached hydrogens (tertiary/aromatic N) is 4. The molecule has 2 aliphatic rings. The van der Waals surface area contributed by atoms with E-state index in [0.29, 0.717) is 41.7 Å². The van der Waals surface area contributed by atoms with E-state index in [0.717, 1.165) is 30.5 Å². The minimum Gasteiger partial charge on any atom is -0.482 e. The van der Waals surface area contributed by atoms with Crippen LogP contribution in [0, 0.1) is 5.41 Å². The van der Waals surface area contributed by atoms with Crippen LogP contribution in [0.1, 0.15) is 86.3 Å². The lowest BCUT2D eigenvalue weighted by atomic mass is 9.67. The Labute approximate surface area is 238 Å². The molecule has 3 heterocycles. The van der Waals surface area contributed by atoms with Crippen LogP contribution in [-0.2, 0) is 16.0 Å². The highest BCUT2D eigenvalue weighted by molar-refractivity contribution is 6.33. The fourth-order valence-corrected chi connectivity index (χ4v) is 5.94. The van der Waals surface area contributed by atoms with Gasteiger partial charge in [-0.2, -0.15) is 5.10 Å². The van der Waals surface area contributed by atoms with Crippen LogP contribution in [0.25, 0.3) is 10.9 Å². The van der Waals surface area contributed by atoms with Crippen molar-refractivity contribution >= 4 is 40.2 Å². The zero-order chi connectivity index (χ0) is 28.8. The van der Waals surface area contributed by atoms with E-state index in [1.54, 1.807) is 49.9 Å². The highest BCUT2D eigenvalue weighted by atomic mass is 35.5. The van der Waals surface area contributed by atoms with Gasteiger partial charge in [0.15, 0.2) is 12.4 Å². The number of Topliss-reactive ketones (excluding diaryl/α,β-unsaturated/α-hetero) is 1. The second-order valence-corrected chi connectivity index (χ2v) is 12.5. The summed E-state index contributed by atoms with van der Waals surface area (Å²) in [5.74, 6) is -0.0587. The van der Waals surface area contributed by atoms with Gasteiger partial charge in [-0.05, 0) is 83.6 Å². The van der Waals surface area contributed by atoms with Crippen molar-refractivity contribution in [3.05, 3.63) is 52.4 Å². The van der Waals surface area contributed by atoms with Gasteiger partial charge in [0.05, 0.1) is 17.3 Å². The number of carbonyl (C=O) groups is 3. The van der Waals surface area contributed by atoms with Crippen molar-refractivity contribution in [3.8, 4) is 5.75 Å². The molecule has 1 aromatic carbocycles. The van der Waals surface area contributed by atoms with Crippen molar-refractivity contribution in [1.29, 1.82) is 0 Å². The fourth-order valence-electron chi connectivity index (χ4n) is 5.71. The van der Waals surface area contributed by atoms with Crippen LogP contribution in [0.3, 0.4) is 0 Å². The summed E-state index contributed by atoms with van der Waals surface area (Å²) in [6, 6.07) is 7.01. The Bertz CT molecular complexity index is 1480. The maximum atomic E-state index is 13.5. The Morgan fingerprint density at radius 3 is 2.52 bits per heavy atom. The van der Waals surface area contributed by atoms with E-state index in [1.165, 1.54) is 0 Å². The number of hydrogen-bond acceptors (Lipinski definition) is 7. The number of piperidine rings is 1. The number of carbonyl (C=O) groups excluding carboxylic acids is 3. The van der Waals surface area contributed by atoms with E-state index in [2.05, 4.69) is 10.1 Å². The summed E-state index contributed by atoms with van der Waals surface area (Å²) >= 11 is 6.46. The lowest BCUT2D eigenvalue weighted by Crippen LogP contribution is -2.46. The summed E-state index contributed by atoms with van der Waals surface area (Å²) in [5, 5.41) is 5.28. The van der Waals surface area contributed by atoms with Gasteiger partial charge in [0, 0.05) is 36.5 Å². The normalized spacial score (nSPS) is 16.9. The van der Waals surface area contributed by atoms with Crippen LogP contribution in [-0.4, -0.2) is 62.6 Å². The lowest BCUT2D eigenvalue weighted by Gasteiger charge is -2.43. The van der Waals surface area contributed by atoms with Crippen molar-refractivity contribution in [1.82, 2.24) is 19.7 Å². The van der Waals surface area contributed by atoms with Gasteiger partial charge in [-0.15, -0.1) is 0 Å². The monoisotopic (exact) mass is 566 g/mol. The van der Waals surface area contributed by atoms with Gasteiger partial charge in [-0.1, -0.05) is 11.6 Å². The van der Waals surface area contributed by atoms with Crippen LogP contribution in [0.15, 0.2) is 30.5 Å². The summed E-state index contributed by atoms with van der Waals surface area (Å²) in [7, 11) is 0. The molecule has 5 rings (SSSR count). The summed E-state index contributed by atoms with van der Waals surface area (Å²) in [6.45, 7) is 10.3. The number of fused-ring (bicyclic) bond motifs is 2. The Morgan fingerprint density at radius 1 is 1.12 bits per heavy atom. The molecular weight excluding hydrogens is 532 g/mol. The summed E-state index contributed by atoms with van der Waals surface area (Å²) in [6.07, 6.45) is 4.58. The zero-order valence-electron chi connectivity index (χ0n) is 23.6.